The van der Waals surface area contributed by atoms with Crippen LogP contribution in [0.1, 0.15) is 181 Å². The maximum atomic E-state index is 6.36. The average Bonchev–Trinajstić information content (AvgIpc) is 3.55. The van der Waals surface area contributed by atoms with Gasteiger partial charge < -0.3 is 14.4 Å². The molecular weight excluding hydrogens is 538 g/mol. The molecule has 3 heteroatoms. The van der Waals surface area contributed by atoms with Gasteiger partial charge >= 0.3 is 0 Å². The summed E-state index contributed by atoms with van der Waals surface area (Å²) in [5.74, 6) is 0. The van der Waals surface area contributed by atoms with Crippen LogP contribution in [0.15, 0.2) is 36.5 Å². The summed E-state index contributed by atoms with van der Waals surface area (Å²) < 4.78 is 12.5. The van der Waals surface area contributed by atoms with Gasteiger partial charge in [0, 0.05) is 19.8 Å². The van der Waals surface area contributed by atoms with E-state index < -0.39 is 0 Å². The minimum absolute atomic E-state index is 0.242. The lowest BCUT2D eigenvalue weighted by molar-refractivity contribution is -0.0316. The number of likely N-dealkylation sites (tertiary alicyclic amines) is 1. The molecule has 1 heterocycles. The largest absolute Gasteiger partial charge is 0.379 e. The van der Waals surface area contributed by atoms with E-state index in [0.717, 1.165) is 32.8 Å². The Balaban J connectivity index is 1.96. The van der Waals surface area contributed by atoms with E-state index in [4.69, 9.17) is 9.47 Å². The van der Waals surface area contributed by atoms with Crippen LogP contribution in [0.4, 0.5) is 0 Å². The van der Waals surface area contributed by atoms with Crippen molar-refractivity contribution in [2.45, 2.75) is 187 Å². The van der Waals surface area contributed by atoms with Crippen molar-refractivity contribution < 1.29 is 9.47 Å². The maximum Gasteiger partial charge on any atom is 0.0934 e. The van der Waals surface area contributed by atoms with Crippen LogP contribution in [-0.2, 0) is 9.47 Å². The lowest BCUT2D eigenvalue weighted by Gasteiger charge is -2.24. The van der Waals surface area contributed by atoms with E-state index in [1.165, 1.54) is 174 Å². The quantitative estimate of drug-likeness (QED) is 0.0531. The van der Waals surface area contributed by atoms with E-state index in [2.05, 4.69) is 55.2 Å². The van der Waals surface area contributed by atoms with Crippen LogP contribution in [0.2, 0.25) is 0 Å². The standard InChI is InChI=1S/C41H77NO2/c1-3-5-7-9-11-13-15-17-19-20-22-24-26-28-30-34-38-44-41(39-42-35-31-32-36-42)40-43-37-33-29-27-25-23-21-18-16-14-12-10-8-6-4-2/h8,10,14,16-17,19,41H,3-7,9,11-13,15,18,20-40H2,1-2H3/b10-8-,16-14-,19-17-. The fraction of sp³-hybridized carbons (Fsp3) is 0.854. The smallest absolute Gasteiger partial charge is 0.0934 e. The van der Waals surface area contributed by atoms with Crippen LogP contribution >= 0.6 is 0 Å². The van der Waals surface area contributed by atoms with Gasteiger partial charge in [0.05, 0.1) is 12.7 Å². The molecule has 3 nitrogen and oxygen atoms in total. The van der Waals surface area contributed by atoms with Crippen LogP contribution in [-0.4, -0.2) is 50.5 Å². The number of hydrogen-bond donors (Lipinski definition) is 0. The predicted octanol–water partition coefficient (Wildman–Crippen LogP) is 12.6. The molecule has 0 aliphatic carbocycles. The maximum absolute atomic E-state index is 6.36. The third-order valence-corrected chi connectivity index (χ3v) is 8.94. The van der Waals surface area contributed by atoms with Gasteiger partial charge in [-0.2, -0.15) is 0 Å². The highest BCUT2D eigenvalue weighted by Gasteiger charge is 2.18. The summed E-state index contributed by atoms with van der Waals surface area (Å²) in [5.41, 5.74) is 0. The molecule has 1 atom stereocenters. The van der Waals surface area contributed by atoms with E-state index in [1.54, 1.807) is 0 Å². The van der Waals surface area contributed by atoms with E-state index in [9.17, 15) is 0 Å². The van der Waals surface area contributed by atoms with E-state index in [-0.39, 0.29) is 6.10 Å². The molecule has 1 fully saturated rings. The Hall–Kier alpha value is -0.900. The summed E-state index contributed by atoms with van der Waals surface area (Å²) in [6.07, 6.45) is 48.7. The molecular formula is C41H77NO2. The first-order valence-corrected chi connectivity index (χ1v) is 19.7. The number of hydrogen-bond acceptors (Lipinski definition) is 3. The zero-order valence-corrected chi connectivity index (χ0v) is 29.9. The van der Waals surface area contributed by atoms with Crippen molar-refractivity contribution >= 4 is 0 Å². The molecule has 1 aliphatic heterocycles. The molecule has 0 saturated carbocycles. The summed E-state index contributed by atoms with van der Waals surface area (Å²) in [7, 11) is 0. The third kappa shape index (κ3) is 29.8. The number of allylic oxidation sites excluding steroid dienone is 6. The van der Waals surface area contributed by atoms with Gasteiger partial charge in [-0.25, -0.2) is 0 Å². The zero-order valence-electron chi connectivity index (χ0n) is 29.9. The first-order valence-electron chi connectivity index (χ1n) is 19.7. The molecule has 1 unspecified atom stereocenters. The van der Waals surface area contributed by atoms with Crippen LogP contribution < -0.4 is 0 Å². The van der Waals surface area contributed by atoms with Gasteiger partial charge in [0.15, 0.2) is 0 Å². The van der Waals surface area contributed by atoms with Crippen molar-refractivity contribution in [3.63, 3.8) is 0 Å². The summed E-state index contributed by atoms with van der Waals surface area (Å²) >= 11 is 0. The zero-order chi connectivity index (χ0) is 31.4. The molecule has 0 amide bonds. The Morgan fingerprint density at radius 3 is 1.55 bits per heavy atom. The van der Waals surface area contributed by atoms with Crippen LogP contribution in [0.25, 0.3) is 0 Å². The number of ether oxygens (including phenoxy) is 2. The molecule has 0 aromatic rings. The highest BCUT2D eigenvalue weighted by atomic mass is 16.5. The van der Waals surface area contributed by atoms with Gasteiger partial charge in [-0.3, -0.25) is 0 Å². The average molecular weight is 616 g/mol. The molecule has 0 bridgehead atoms. The fourth-order valence-electron chi connectivity index (χ4n) is 6.07. The Bertz CT molecular complexity index is 637. The second-order valence-electron chi connectivity index (χ2n) is 13.4. The highest BCUT2D eigenvalue weighted by molar-refractivity contribution is 4.92. The molecule has 258 valence electrons. The van der Waals surface area contributed by atoms with Crippen molar-refractivity contribution in [2.24, 2.45) is 0 Å². The van der Waals surface area contributed by atoms with Crippen molar-refractivity contribution in [1.29, 1.82) is 0 Å². The minimum atomic E-state index is 0.242. The van der Waals surface area contributed by atoms with E-state index in [1.807, 2.05) is 0 Å². The van der Waals surface area contributed by atoms with E-state index in [0.29, 0.717) is 0 Å². The minimum Gasteiger partial charge on any atom is -0.379 e. The Morgan fingerprint density at radius 2 is 0.977 bits per heavy atom. The van der Waals surface area contributed by atoms with Crippen molar-refractivity contribution in [1.82, 2.24) is 4.90 Å². The van der Waals surface area contributed by atoms with Gasteiger partial charge in [0.1, 0.15) is 0 Å². The molecule has 0 aromatic heterocycles. The fourth-order valence-corrected chi connectivity index (χ4v) is 6.07. The summed E-state index contributed by atoms with van der Waals surface area (Å²) in [6, 6.07) is 0. The van der Waals surface area contributed by atoms with Crippen LogP contribution in [0.5, 0.6) is 0 Å². The molecule has 0 spiro atoms. The molecule has 1 rings (SSSR count). The predicted molar refractivity (Wildman–Crippen MR) is 196 cm³/mol. The van der Waals surface area contributed by atoms with Gasteiger partial charge in [0.2, 0.25) is 0 Å². The van der Waals surface area contributed by atoms with Crippen LogP contribution in [0.3, 0.4) is 0 Å². The normalized spacial score (nSPS) is 15.1. The Morgan fingerprint density at radius 1 is 0.500 bits per heavy atom. The van der Waals surface area contributed by atoms with Crippen molar-refractivity contribution in [3.8, 4) is 0 Å². The monoisotopic (exact) mass is 616 g/mol. The van der Waals surface area contributed by atoms with Gasteiger partial charge in [-0.05, 0) is 90.1 Å². The number of rotatable bonds is 34. The van der Waals surface area contributed by atoms with E-state index >= 15 is 0 Å². The summed E-state index contributed by atoms with van der Waals surface area (Å²) in [6.45, 7) is 10.6. The lowest BCUT2D eigenvalue weighted by atomic mass is 10.1. The third-order valence-electron chi connectivity index (χ3n) is 8.94. The Labute approximate surface area is 276 Å². The second kappa shape index (κ2) is 35.0. The SMILES string of the molecule is CCC/C=C\C/C=C\CCCCCCCCOCC(CN1CCCC1)OCCCCCCCC/C=C\CCCCCCCC. The van der Waals surface area contributed by atoms with Crippen LogP contribution in [0, 0.1) is 0 Å². The molecule has 1 saturated heterocycles. The van der Waals surface area contributed by atoms with Crippen molar-refractivity contribution in [2.75, 3.05) is 39.5 Å². The van der Waals surface area contributed by atoms with Gasteiger partial charge in [-0.1, -0.05) is 140 Å². The summed E-state index contributed by atoms with van der Waals surface area (Å²) in [4.78, 5) is 2.58. The summed E-state index contributed by atoms with van der Waals surface area (Å²) in [5, 5.41) is 0. The lowest BCUT2D eigenvalue weighted by Crippen LogP contribution is -2.35. The number of unbranched alkanes of at least 4 members (excludes halogenated alkanes) is 19. The first kappa shape index (κ1) is 41.1. The molecule has 0 N–H and O–H groups in total. The Kier molecular flexibility index (Phi) is 32.7. The highest BCUT2D eigenvalue weighted by Crippen LogP contribution is 2.13. The topological polar surface area (TPSA) is 21.7 Å². The molecule has 0 radical (unpaired) electrons. The molecule has 1 aliphatic rings. The first-order chi connectivity index (χ1) is 21.9. The van der Waals surface area contributed by atoms with Gasteiger partial charge in [-0.15, -0.1) is 0 Å². The number of nitrogens with zero attached hydrogens (tertiary/aromatic N) is 1. The van der Waals surface area contributed by atoms with Gasteiger partial charge in [0.25, 0.3) is 0 Å². The molecule has 44 heavy (non-hydrogen) atoms. The van der Waals surface area contributed by atoms with Crippen molar-refractivity contribution in [3.05, 3.63) is 36.5 Å². The molecule has 0 aromatic carbocycles. The second-order valence-corrected chi connectivity index (χ2v) is 13.4.